The number of esters is 1. The Labute approximate surface area is 152 Å². The first-order valence-electron chi connectivity index (χ1n) is 8.22. The molecule has 134 valence electrons. The van der Waals surface area contributed by atoms with E-state index in [0.29, 0.717) is 18.2 Å². The highest BCUT2D eigenvalue weighted by Crippen LogP contribution is 2.25. The molecule has 0 aliphatic rings. The zero-order valence-corrected chi connectivity index (χ0v) is 15.3. The molecular formula is C19H23NO4S. The number of benzene rings is 1. The molecule has 0 spiro atoms. The van der Waals surface area contributed by atoms with Crippen molar-refractivity contribution in [2.45, 2.75) is 26.2 Å². The van der Waals surface area contributed by atoms with Gasteiger partial charge < -0.3 is 14.8 Å². The molecule has 25 heavy (non-hydrogen) atoms. The van der Waals surface area contributed by atoms with E-state index in [2.05, 4.69) is 19.2 Å². The van der Waals surface area contributed by atoms with Crippen LogP contribution in [0, 0.1) is 0 Å². The summed E-state index contributed by atoms with van der Waals surface area (Å²) in [7, 11) is 0. The topological polar surface area (TPSA) is 64.6 Å². The highest BCUT2D eigenvalue weighted by Gasteiger charge is 2.11. The van der Waals surface area contributed by atoms with Gasteiger partial charge in [0, 0.05) is 11.4 Å². The van der Waals surface area contributed by atoms with Crippen LogP contribution in [-0.4, -0.2) is 31.6 Å². The standard InChI is InChI=1S/C19H23NO4S/c1-14(2)16-7-3-4-8-17(16)23-13-19(22)24-12-18(21)20-10-9-15-6-5-11-25-15/h3-8,11,14H,9-10,12-13H2,1-2H3,(H,20,21). The number of carbonyl (C=O) groups is 2. The molecule has 0 atom stereocenters. The predicted molar refractivity (Wildman–Crippen MR) is 98.0 cm³/mol. The van der Waals surface area contributed by atoms with Crippen LogP contribution in [0.1, 0.15) is 30.2 Å². The lowest BCUT2D eigenvalue weighted by atomic mass is 10.0. The van der Waals surface area contributed by atoms with Crippen molar-refractivity contribution in [1.29, 1.82) is 0 Å². The molecule has 0 aliphatic heterocycles. The normalized spacial score (nSPS) is 10.5. The minimum absolute atomic E-state index is 0.216. The SMILES string of the molecule is CC(C)c1ccccc1OCC(=O)OCC(=O)NCCc1cccs1. The molecule has 1 N–H and O–H groups in total. The Kier molecular flexibility index (Phi) is 7.47. The van der Waals surface area contributed by atoms with Crippen molar-refractivity contribution in [2.75, 3.05) is 19.8 Å². The second-order valence-corrected chi connectivity index (χ2v) is 6.85. The third-order valence-corrected chi connectivity index (χ3v) is 4.46. The molecule has 0 saturated carbocycles. The lowest BCUT2D eigenvalue weighted by molar-refractivity contribution is -0.150. The maximum atomic E-state index is 11.7. The van der Waals surface area contributed by atoms with Gasteiger partial charge in [0.25, 0.3) is 5.91 Å². The second-order valence-electron chi connectivity index (χ2n) is 5.82. The maximum Gasteiger partial charge on any atom is 0.344 e. The van der Waals surface area contributed by atoms with Crippen LogP contribution in [0.4, 0.5) is 0 Å². The summed E-state index contributed by atoms with van der Waals surface area (Å²) in [6, 6.07) is 11.6. The van der Waals surface area contributed by atoms with E-state index in [0.717, 1.165) is 12.0 Å². The number of para-hydroxylation sites is 1. The van der Waals surface area contributed by atoms with Crippen LogP contribution in [0.2, 0.25) is 0 Å². The highest BCUT2D eigenvalue weighted by atomic mass is 32.1. The third-order valence-electron chi connectivity index (χ3n) is 3.52. The van der Waals surface area contributed by atoms with Crippen LogP contribution in [0.5, 0.6) is 5.75 Å². The fourth-order valence-corrected chi connectivity index (χ4v) is 2.95. The molecule has 5 nitrogen and oxygen atoms in total. The van der Waals surface area contributed by atoms with Crippen molar-refractivity contribution in [2.24, 2.45) is 0 Å². The zero-order valence-electron chi connectivity index (χ0n) is 14.5. The molecule has 1 amide bonds. The van der Waals surface area contributed by atoms with Crippen molar-refractivity contribution >= 4 is 23.2 Å². The molecule has 1 aromatic heterocycles. The average molecular weight is 361 g/mol. The summed E-state index contributed by atoms with van der Waals surface area (Å²) in [4.78, 5) is 24.6. The third kappa shape index (κ3) is 6.58. The van der Waals surface area contributed by atoms with Gasteiger partial charge >= 0.3 is 5.97 Å². The number of nitrogens with one attached hydrogen (secondary N) is 1. The molecule has 0 unspecified atom stereocenters. The number of hydrogen-bond donors (Lipinski definition) is 1. The summed E-state index contributed by atoms with van der Waals surface area (Å²) in [5, 5.41) is 4.72. The van der Waals surface area contributed by atoms with Gasteiger partial charge in [-0.05, 0) is 35.4 Å². The van der Waals surface area contributed by atoms with Crippen LogP contribution in [0.15, 0.2) is 41.8 Å². The summed E-state index contributed by atoms with van der Waals surface area (Å²) in [6.07, 6.45) is 0.770. The van der Waals surface area contributed by atoms with E-state index in [9.17, 15) is 9.59 Å². The van der Waals surface area contributed by atoms with Crippen molar-refractivity contribution < 1.29 is 19.1 Å². The maximum absolute atomic E-state index is 11.7. The summed E-state index contributed by atoms with van der Waals surface area (Å²) in [5.74, 6) is 0.0793. The predicted octanol–water partition coefficient (Wildman–Crippen LogP) is 3.15. The zero-order chi connectivity index (χ0) is 18.1. The highest BCUT2D eigenvalue weighted by molar-refractivity contribution is 7.09. The quantitative estimate of drug-likeness (QED) is 0.697. The summed E-state index contributed by atoms with van der Waals surface area (Å²) in [5.41, 5.74) is 1.03. The van der Waals surface area contributed by atoms with Gasteiger partial charge in [-0.3, -0.25) is 4.79 Å². The molecule has 6 heteroatoms. The average Bonchev–Trinajstić information content (AvgIpc) is 3.11. The molecular weight excluding hydrogens is 338 g/mol. The fraction of sp³-hybridized carbons (Fsp3) is 0.368. The lowest BCUT2D eigenvalue weighted by Gasteiger charge is -2.13. The van der Waals surface area contributed by atoms with E-state index in [-0.39, 0.29) is 19.1 Å². The summed E-state index contributed by atoms with van der Waals surface area (Å²) < 4.78 is 10.5. The van der Waals surface area contributed by atoms with Crippen LogP contribution in [0.25, 0.3) is 0 Å². The van der Waals surface area contributed by atoms with E-state index < -0.39 is 5.97 Å². The van der Waals surface area contributed by atoms with Crippen molar-refractivity contribution in [3.8, 4) is 5.75 Å². The number of thiophene rings is 1. The van der Waals surface area contributed by atoms with E-state index in [1.807, 2.05) is 41.8 Å². The van der Waals surface area contributed by atoms with Gasteiger partial charge in [-0.1, -0.05) is 38.1 Å². The molecule has 1 aromatic carbocycles. The molecule has 0 fully saturated rings. The van der Waals surface area contributed by atoms with Crippen molar-refractivity contribution in [1.82, 2.24) is 5.32 Å². The van der Waals surface area contributed by atoms with Crippen LogP contribution >= 0.6 is 11.3 Å². The Morgan fingerprint density at radius 1 is 1.12 bits per heavy atom. The Bertz CT molecular complexity index is 682. The minimum atomic E-state index is -0.563. The van der Waals surface area contributed by atoms with E-state index in [1.165, 1.54) is 4.88 Å². The van der Waals surface area contributed by atoms with Gasteiger partial charge in [-0.2, -0.15) is 0 Å². The molecule has 1 heterocycles. The molecule has 0 radical (unpaired) electrons. The Morgan fingerprint density at radius 2 is 1.92 bits per heavy atom. The first kappa shape index (κ1) is 19.0. The van der Waals surface area contributed by atoms with E-state index in [1.54, 1.807) is 11.3 Å². The molecule has 0 aliphatic carbocycles. The number of carbonyl (C=O) groups excluding carboxylic acids is 2. The number of rotatable bonds is 9. The Hall–Kier alpha value is -2.34. The van der Waals surface area contributed by atoms with Gasteiger partial charge in [-0.25, -0.2) is 4.79 Å². The lowest BCUT2D eigenvalue weighted by Crippen LogP contribution is -2.31. The number of ether oxygens (including phenoxy) is 2. The minimum Gasteiger partial charge on any atom is -0.482 e. The van der Waals surface area contributed by atoms with Gasteiger partial charge in [0.2, 0.25) is 0 Å². The van der Waals surface area contributed by atoms with Crippen molar-refractivity contribution in [3.63, 3.8) is 0 Å². The molecule has 2 rings (SSSR count). The van der Waals surface area contributed by atoms with Crippen LogP contribution in [-0.2, 0) is 20.7 Å². The van der Waals surface area contributed by atoms with Crippen molar-refractivity contribution in [3.05, 3.63) is 52.2 Å². The largest absolute Gasteiger partial charge is 0.482 e. The van der Waals surface area contributed by atoms with Crippen LogP contribution < -0.4 is 10.1 Å². The summed E-state index contributed by atoms with van der Waals surface area (Å²) >= 11 is 1.65. The first-order chi connectivity index (χ1) is 12.1. The fourth-order valence-electron chi connectivity index (χ4n) is 2.24. The smallest absolute Gasteiger partial charge is 0.344 e. The molecule has 0 saturated heterocycles. The number of amides is 1. The van der Waals surface area contributed by atoms with Gasteiger partial charge in [0.1, 0.15) is 5.75 Å². The molecule has 0 bridgehead atoms. The van der Waals surface area contributed by atoms with Gasteiger partial charge in [-0.15, -0.1) is 11.3 Å². The summed E-state index contributed by atoms with van der Waals surface area (Å²) in [6.45, 7) is 4.13. The van der Waals surface area contributed by atoms with Gasteiger partial charge in [0.05, 0.1) is 0 Å². The van der Waals surface area contributed by atoms with E-state index in [4.69, 9.17) is 9.47 Å². The molecule has 2 aromatic rings. The first-order valence-corrected chi connectivity index (χ1v) is 9.10. The van der Waals surface area contributed by atoms with Crippen LogP contribution in [0.3, 0.4) is 0 Å². The number of hydrogen-bond acceptors (Lipinski definition) is 5. The van der Waals surface area contributed by atoms with Gasteiger partial charge in [0.15, 0.2) is 13.2 Å². The Morgan fingerprint density at radius 3 is 2.64 bits per heavy atom. The van der Waals surface area contributed by atoms with E-state index >= 15 is 0 Å². The second kappa shape index (κ2) is 9.84. The monoisotopic (exact) mass is 361 g/mol. The Balaban J connectivity index is 1.66.